The third kappa shape index (κ3) is 4.54. The molecule has 16 heavy (non-hydrogen) atoms. The first-order valence-corrected chi connectivity index (χ1v) is 6.72. The highest BCUT2D eigenvalue weighted by atomic mass is 32.2. The smallest absolute Gasteiger partial charge is 0.0991 e. The number of thioether (sulfide) groups is 1. The lowest BCUT2D eigenvalue weighted by atomic mass is 10.2. The van der Waals surface area contributed by atoms with E-state index in [-0.39, 0.29) is 0 Å². The van der Waals surface area contributed by atoms with Crippen molar-refractivity contribution in [1.82, 2.24) is 10.3 Å². The minimum atomic E-state index is 0.519. The highest BCUT2D eigenvalue weighted by Crippen LogP contribution is 2.24. The Balaban J connectivity index is 2.67. The second-order valence-corrected chi connectivity index (χ2v) is 6.23. The van der Waals surface area contributed by atoms with E-state index in [1.165, 1.54) is 11.1 Å². The Hall–Kier alpha value is -0.540. The summed E-state index contributed by atoms with van der Waals surface area (Å²) in [6, 6.07) is 2.75. The Morgan fingerprint density at radius 3 is 2.50 bits per heavy atom. The van der Waals surface area contributed by atoms with Crippen LogP contribution < -0.4 is 5.32 Å². The maximum atomic E-state index is 4.52. The Morgan fingerprint density at radius 2 is 2.00 bits per heavy atom. The SMILES string of the molecule is Cc1cc(CNC(C)C)cnc1SC(C)C. The fourth-order valence-corrected chi connectivity index (χ4v) is 2.19. The van der Waals surface area contributed by atoms with Gasteiger partial charge in [0.25, 0.3) is 0 Å². The van der Waals surface area contributed by atoms with Crippen molar-refractivity contribution < 1.29 is 0 Å². The van der Waals surface area contributed by atoms with Crippen LogP contribution >= 0.6 is 11.8 Å². The van der Waals surface area contributed by atoms with Gasteiger partial charge in [-0.2, -0.15) is 0 Å². The van der Waals surface area contributed by atoms with E-state index in [9.17, 15) is 0 Å². The van der Waals surface area contributed by atoms with Crippen molar-refractivity contribution in [3.05, 3.63) is 23.4 Å². The summed E-state index contributed by atoms with van der Waals surface area (Å²) in [6.07, 6.45) is 1.98. The van der Waals surface area contributed by atoms with Crippen molar-refractivity contribution in [3.63, 3.8) is 0 Å². The summed E-state index contributed by atoms with van der Waals surface area (Å²) in [5, 5.41) is 5.15. The van der Waals surface area contributed by atoms with E-state index in [4.69, 9.17) is 0 Å². The second kappa shape index (κ2) is 6.26. The van der Waals surface area contributed by atoms with E-state index < -0.39 is 0 Å². The lowest BCUT2D eigenvalue weighted by Crippen LogP contribution is -2.21. The highest BCUT2D eigenvalue weighted by molar-refractivity contribution is 7.99. The van der Waals surface area contributed by atoms with Gasteiger partial charge in [0.1, 0.15) is 0 Å². The van der Waals surface area contributed by atoms with E-state index in [1.54, 1.807) is 0 Å². The zero-order valence-corrected chi connectivity index (χ0v) is 11.7. The summed E-state index contributed by atoms with van der Waals surface area (Å²) in [5.74, 6) is 0. The fourth-order valence-electron chi connectivity index (χ4n) is 1.39. The number of aryl methyl sites for hydroxylation is 1. The van der Waals surface area contributed by atoms with Crippen molar-refractivity contribution >= 4 is 11.8 Å². The van der Waals surface area contributed by atoms with E-state index in [1.807, 2.05) is 18.0 Å². The number of hydrogen-bond acceptors (Lipinski definition) is 3. The van der Waals surface area contributed by atoms with Gasteiger partial charge in [-0.15, -0.1) is 11.8 Å². The van der Waals surface area contributed by atoms with Crippen LogP contribution in [-0.2, 0) is 6.54 Å². The maximum absolute atomic E-state index is 4.52. The van der Waals surface area contributed by atoms with Gasteiger partial charge in [0.2, 0.25) is 0 Å². The lowest BCUT2D eigenvalue weighted by Gasteiger charge is -2.11. The molecule has 1 rings (SSSR count). The van der Waals surface area contributed by atoms with Gasteiger partial charge in [-0.05, 0) is 18.1 Å². The molecule has 3 heteroatoms. The third-order valence-electron chi connectivity index (χ3n) is 2.15. The van der Waals surface area contributed by atoms with Gasteiger partial charge in [-0.1, -0.05) is 33.8 Å². The van der Waals surface area contributed by atoms with E-state index in [0.29, 0.717) is 11.3 Å². The zero-order chi connectivity index (χ0) is 12.1. The standard InChI is InChI=1S/C13H22N2S/c1-9(2)14-7-12-6-11(5)13(15-8-12)16-10(3)4/h6,8-10,14H,7H2,1-5H3. The Kier molecular flexibility index (Phi) is 5.29. The molecule has 0 radical (unpaired) electrons. The summed E-state index contributed by atoms with van der Waals surface area (Å²) in [5.41, 5.74) is 2.54. The monoisotopic (exact) mass is 238 g/mol. The number of rotatable bonds is 5. The van der Waals surface area contributed by atoms with Crippen LogP contribution in [0.2, 0.25) is 0 Å². The van der Waals surface area contributed by atoms with Crippen LogP contribution in [0.15, 0.2) is 17.3 Å². The van der Waals surface area contributed by atoms with Crippen LogP contribution in [0.3, 0.4) is 0 Å². The Labute approximate surface area is 103 Å². The molecule has 0 spiro atoms. The second-order valence-electron chi connectivity index (χ2n) is 4.67. The predicted molar refractivity (Wildman–Crippen MR) is 71.9 cm³/mol. The van der Waals surface area contributed by atoms with Gasteiger partial charge in [-0.3, -0.25) is 0 Å². The molecule has 1 aromatic heterocycles. The van der Waals surface area contributed by atoms with Crippen LogP contribution in [0.1, 0.15) is 38.8 Å². The number of aromatic nitrogens is 1. The zero-order valence-electron chi connectivity index (χ0n) is 10.9. The molecule has 1 aromatic rings. The van der Waals surface area contributed by atoms with Crippen LogP contribution in [0, 0.1) is 6.92 Å². The highest BCUT2D eigenvalue weighted by Gasteiger charge is 2.05. The topological polar surface area (TPSA) is 24.9 Å². The van der Waals surface area contributed by atoms with Gasteiger partial charge >= 0.3 is 0 Å². The Bertz CT molecular complexity index is 335. The molecule has 0 aliphatic carbocycles. The number of hydrogen-bond donors (Lipinski definition) is 1. The van der Waals surface area contributed by atoms with E-state index in [2.05, 4.69) is 51.0 Å². The molecule has 0 saturated carbocycles. The molecule has 0 aliphatic rings. The van der Waals surface area contributed by atoms with Crippen molar-refractivity contribution in [3.8, 4) is 0 Å². The van der Waals surface area contributed by atoms with Crippen LogP contribution in [0.4, 0.5) is 0 Å². The van der Waals surface area contributed by atoms with Gasteiger partial charge in [0, 0.05) is 24.0 Å². The quantitative estimate of drug-likeness (QED) is 0.796. The number of nitrogens with zero attached hydrogens (tertiary/aromatic N) is 1. The molecule has 2 nitrogen and oxygen atoms in total. The minimum absolute atomic E-state index is 0.519. The maximum Gasteiger partial charge on any atom is 0.0991 e. The van der Waals surface area contributed by atoms with E-state index in [0.717, 1.165) is 11.6 Å². The molecule has 1 N–H and O–H groups in total. The molecule has 90 valence electrons. The largest absolute Gasteiger partial charge is 0.310 e. The molecule has 0 fully saturated rings. The average molecular weight is 238 g/mol. The normalized spacial score (nSPS) is 11.4. The third-order valence-corrected chi connectivity index (χ3v) is 3.27. The predicted octanol–water partition coefficient (Wildman–Crippen LogP) is 3.39. The first-order chi connectivity index (χ1) is 7.49. The van der Waals surface area contributed by atoms with Gasteiger partial charge in [0.05, 0.1) is 5.03 Å². The van der Waals surface area contributed by atoms with Gasteiger partial charge in [0.15, 0.2) is 0 Å². The molecular formula is C13H22N2S. The molecule has 0 saturated heterocycles. The first-order valence-electron chi connectivity index (χ1n) is 5.84. The van der Waals surface area contributed by atoms with Crippen molar-refractivity contribution in [2.45, 2.75) is 57.5 Å². The van der Waals surface area contributed by atoms with Crippen molar-refractivity contribution in [2.75, 3.05) is 0 Å². The molecule has 0 unspecified atom stereocenters. The average Bonchev–Trinajstić information content (AvgIpc) is 2.18. The molecule has 0 atom stereocenters. The van der Waals surface area contributed by atoms with Crippen molar-refractivity contribution in [2.24, 2.45) is 0 Å². The lowest BCUT2D eigenvalue weighted by molar-refractivity contribution is 0.587. The minimum Gasteiger partial charge on any atom is -0.310 e. The van der Waals surface area contributed by atoms with Crippen LogP contribution in [0.5, 0.6) is 0 Å². The summed E-state index contributed by atoms with van der Waals surface area (Å²) in [6.45, 7) is 11.7. The summed E-state index contributed by atoms with van der Waals surface area (Å²) in [7, 11) is 0. The molecule has 0 aliphatic heterocycles. The summed E-state index contributed by atoms with van der Waals surface area (Å²) < 4.78 is 0. The van der Waals surface area contributed by atoms with E-state index >= 15 is 0 Å². The fraction of sp³-hybridized carbons (Fsp3) is 0.615. The molecule has 1 heterocycles. The van der Waals surface area contributed by atoms with Gasteiger partial charge < -0.3 is 5.32 Å². The van der Waals surface area contributed by atoms with Crippen LogP contribution in [-0.4, -0.2) is 16.3 Å². The number of nitrogens with one attached hydrogen (secondary N) is 1. The first kappa shape index (κ1) is 13.5. The van der Waals surface area contributed by atoms with Crippen LogP contribution in [0.25, 0.3) is 0 Å². The molecule has 0 aromatic carbocycles. The summed E-state index contributed by atoms with van der Waals surface area (Å²) >= 11 is 1.83. The molecular weight excluding hydrogens is 216 g/mol. The van der Waals surface area contributed by atoms with Crippen molar-refractivity contribution in [1.29, 1.82) is 0 Å². The number of pyridine rings is 1. The molecule has 0 bridgehead atoms. The van der Waals surface area contributed by atoms with Gasteiger partial charge in [-0.25, -0.2) is 4.98 Å². The molecule has 0 amide bonds. The Morgan fingerprint density at radius 1 is 1.31 bits per heavy atom. The summed E-state index contributed by atoms with van der Waals surface area (Å²) in [4.78, 5) is 4.52.